The summed E-state index contributed by atoms with van der Waals surface area (Å²) in [6.07, 6.45) is 0.281. The van der Waals surface area contributed by atoms with Gasteiger partial charge in [-0.25, -0.2) is 4.39 Å². The van der Waals surface area contributed by atoms with Crippen LogP contribution in [0, 0.1) is 5.82 Å². The largest absolute Gasteiger partial charge is 0.384 e. The van der Waals surface area contributed by atoms with Gasteiger partial charge in [0, 0.05) is 29.4 Å². The van der Waals surface area contributed by atoms with Gasteiger partial charge in [0.15, 0.2) is 0 Å². The number of carbonyl (C=O) groups is 1. The third kappa shape index (κ3) is 4.55. The van der Waals surface area contributed by atoms with Crippen LogP contribution in [0.25, 0.3) is 0 Å². The molecule has 1 amide bonds. The Morgan fingerprint density at radius 3 is 2.60 bits per heavy atom. The van der Waals surface area contributed by atoms with Crippen molar-refractivity contribution in [2.24, 2.45) is 0 Å². The maximum Gasteiger partial charge on any atom is 0.226 e. The van der Waals surface area contributed by atoms with Crippen LogP contribution < -0.4 is 10.6 Å². The Hall–Kier alpha value is -2.07. The minimum absolute atomic E-state index is 0.129. The molecule has 0 aliphatic carbocycles. The number of hydrogen-bond acceptors (Lipinski definition) is 2. The van der Waals surface area contributed by atoms with Crippen molar-refractivity contribution in [1.29, 1.82) is 0 Å². The average molecular weight is 293 g/mol. The smallest absolute Gasteiger partial charge is 0.226 e. The number of carbonyl (C=O) groups excluding carboxylic acids is 1. The first-order chi connectivity index (χ1) is 9.63. The highest BCUT2D eigenvalue weighted by atomic mass is 35.5. The lowest BCUT2D eigenvalue weighted by Gasteiger charge is -2.07. The van der Waals surface area contributed by atoms with E-state index >= 15 is 0 Å². The first kappa shape index (κ1) is 14.3. The quantitative estimate of drug-likeness (QED) is 0.877. The summed E-state index contributed by atoms with van der Waals surface area (Å²) in [6.45, 7) is 0.426. The van der Waals surface area contributed by atoms with Crippen LogP contribution in [0.15, 0.2) is 48.5 Å². The minimum Gasteiger partial charge on any atom is -0.384 e. The zero-order chi connectivity index (χ0) is 14.4. The highest BCUT2D eigenvalue weighted by Crippen LogP contribution is 2.15. The molecule has 3 nitrogen and oxygen atoms in total. The number of hydrogen-bond donors (Lipinski definition) is 2. The number of amides is 1. The van der Waals surface area contributed by atoms with E-state index in [1.54, 1.807) is 36.4 Å². The zero-order valence-electron chi connectivity index (χ0n) is 10.7. The molecule has 0 fully saturated rings. The topological polar surface area (TPSA) is 41.1 Å². The summed E-state index contributed by atoms with van der Waals surface area (Å²) in [4.78, 5) is 11.7. The molecule has 2 aromatic carbocycles. The predicted octanol–water partition coefficient (Wildman–Crippen LogP) is 3.92. The Bertz CT molecular complexity index is 604. The summed E-state index contributed by atoms with van der Waals surface area (Å²) < 4.78 is 12.9. The van der Waals surface area contributed by atoms with Crippen molar-refractivity contribution in [3.63, 3.8) is 0 Å². The molecule has 0 radical (unpaired) electrons. The normalized spacial score (nSPS) is 10.1. The summed E-state index contributed by atoms with van der Waals surface area (Å²) in [5.41, 5.74) is 1.31. The molecule has 0 spiro atoms. The molecule has 2 N–H and O–H groups in total. The Balaban J connectivity index is 1.78. The molecule has 0 unspecified atom stereocenters. The zero-order valence-corrected chi connectivity index (χ0v) is 11.5. The van der Waals surface area contributed by atoms with E-state index in [2.05, 4.69) is 10.6 Å². The fourth-order valence-electron chi connectivity index (χ4n) is 1.71. The molecule has 0 aromatic heterocycles. The van der Waals surface area contributed by atoms with Gasteiger partial charge >= 0.3 is 0 Å². The Kier molecular flexibility index (Phi) is 4.96. The Morgan fingerprint density at radius 1 is 1.10 bits per heavy atom. The number of rotatable bonds is 5. The van der Waals surface area contributed by atoms with Crippen molar-refractivity contribution < 1.29 is 9.18 Å². The van der Waals surface area contributed by atoms with Gasteiger partial charge in [0.1, 0.15) is 5.82 Å². The highest BCUT2D eigenvalue weighted by Gasteiger charge is 2.03. The highest BCUT2D eigenvalue weighted by molar-refractivity contribution is 6.30. The Morgan fingerprint density at radius 2 is 1.85 bits per heavy atom. The summed E-state index contributed by atoms with van der Waals surface area (Å²) in [5.74, 6) is -0.436. The van der Waals surface area contributed by atoms with Crippen molar-refractivity contribution in [1.82, 2.24) is 0 Å². The maximum atomic E-state index is 12.9. The van der Waals surface area contributed by atoms with Crippen molar-refractivity contribution in [2.75, 3.05) is 17.2 Å². The monoisotopic (exact) mass is 292 g/mol. The number of anilines is 2. The lowest BCUT2D eigenvalue weighted by atomic mass is 10.3. The molecule has 0 heterocycles. The molecule has 0 aliphatic rings. The van der Waals surface area contributed by atoms with Crippen LogP contribution >= 0.6 is 11.6 Å². The third-order valence-corrected chi connectivity index (χ3v) is 2.85. The fourth-order valence-corrected chi connectivity index (χ4v) is 1.90. The summed E-state index contributed by atoms with van der Waals surface area (Å²) in [6, 6.07) is 13.1. The van der Waals surface area contributed by atoms with Crippen LogP contribution in [0.4, 0.5) is 15.8 Å². The van der Waals surface area contributed by atoms with Crippen LogP contribution in [0.5, 0.6) is 0 Å². The van der Waals surface area contributed by atoms with Gasteiger partial charge in [0.2, 0.25) is 5.91 Å². The third-order valence-electron chi connectivity index (χ3n) is 2.61. The lowest BCUT2D eigenvalue weighted by Crippen LogP contribution is -2.16. The van der Waals surface area contributed by atoms with Gasteiger partial charge in [0.25, 0.3) is 0 Å². The standard InChI is InChI=1S/C15H14ClFN2O/c16-11-3-1-6-14(9-11)19-15(20)7-8-18-13-5-2-4-12(17)10-13/h1-6,9-10,18H,7-8H2,(H,19,20). The molecule has 0 aliphatic heterocycles. The van der Waals surface area contributed by atoms with E-state index in [1.165, 1.54) is 12.1 Å². The lowest BCUT2D eigenvalue weighted by molar-refractivity contribution is -0.115. The maximum absolute atomic E-state index is 12.9. The second-order valence-corrected chi connectivity index (χ2v) is 4.68. The van der Waals surface area contributed by atoms with E-state index in [0.717, 1.165) is 0 Å². The van der Waals surface area contributed by atoms with E-state index < -0.39 is 0 Å². The summed E-state index contributed by atoms with van der Waals surface area (Å²) in [7, 11) is 0. The molecule has 0 atom stereocenters. The molecule has 5 heteroatoms. The second-order valence-electron chi connectivity index (χ2n) is 4.25. The van der Waals surface area contributed by atoms with Crippen molar-refractivity contribution in [3.05, 3.63) is 59.4 Å². The Labute approximate surface area is 121 Å². The van der Waals surface area contributed by atoms with Gasteiger partial charge in [-0.15, -0.1) is 0 Å². The summed E-state index contributed by atoms with van der Waals surface area (Å²) in [5, 5.41) is 6.30. The molecule has 2 rings (SSSR count). The fraction of sp³-hybridized carbons (Fsp3) is 0.133. The van der Waals surface area contributed by atoms with Crippen LogP contribution in [0.3, 0.4) is 0 Å². The molecule has 20 heavy (non-hydrogen) atoms. The van der Waals surface area contributed by atoms with Gasteiger partial charge in [-0.05, 0) is 36.4 Å². The molecular weight excluding hydrogens is 279 g/mol. The first-order valence-corrected chi connectivity index (χ1v) is 6.56. The molecule has 2 aromatic rings. The minimum atomic E-state index is -0.307. The van der Waals surface area contributed by atoms with Crippen molar-refractivity contribution in [2.45, 2.75) is 6.42 Å². The average Bonchev–Trinajstić information content (AvgIpc) is 2.38. The van der Waals surface area contributed by atoms with Crippen LogP contribution in [-0.4, -0.2) is 12.5 Å². The van der Waals surface area contributed by atoms with Gasteiger partial charge in [0.05, 0.1) is 0 Å². The second kappa shape index (κ2) is 6.91. The van der Waals surface area contributed by atoms with E-state index in [-0.39, 0.29) is 18.1 Å². The molecule has 0 saturated carbocycles. The molecule has 104 valence electrons. The van der Waals surface area contributed by atoms with Crippen LogP contribution in [-0.2, 0) is 4.79 Å². The van der Waals surface area contributed by atoms with Gasteiger partial charge in [-0.3, -0.25) is 4.79 Å². The molecular formula is C15H14ClFN2O. The van der Waals surface area contributed by atoms with Crippen molar-refractivity contribution >= 4 is 28.9 Å². The van der Waals surface area contributed by atoms with Crippen LogP contribution in [0.1, 0.15) is 6.42 Å². The van der Waals surface area contributed by atoms with Crippen molar-refractivity contribution in [3.8, 4) is 0 Å². The predicted molar refractivity (Wildman–Crippen MR) is 79.6 cm³/mol. The SMILES string of the molecule is O=C(CCNc1cccc(F)c1)Nc1cccc(Cl)c1. The molecule has 0 bridgehead atoms. The van der Waals surface area contributed by atoms with E-state index in [0.29, 0.717) is 22.9 Å². The van der Waals surface area contributed by atoms with Gasteiger partial charge in [-0.1, -0.05) is 23.7 Å². The number of nitrogens with one attached hydrogen (secondary N) is 2. The summed E-state index contributed by atoms with van der Waals surface area (Å²) >= 11 is 5.83. The van der Waals surface area contributed by atoms with Gasteiger partial charge < -0.3 is 10.6 Å². The molecule has 0 saturated heterocycles. The van der Waals surface area contributed by atoms with E-state index in [9.17, 15) is 9.18 Å². The van der Waals surface area contributed by atoms with Gasteiger partial charge in [-0.2, -0.15) is 0 Å². The number of benzene rings is 2. The number of halogens is 2. The van der Waals surface area contributed by atoms with E-state index in [1.807, 2.05) is 0 Å². The van der Waals surface area contributed by atoms with E-state index in [4.69, 9.17) is 11.6 Å². The first-order valence-electron chi connectivity index (χ1n) is 6.18. The van der Waals surface area contributed by atoms with Crippen LogP contribution in [0.2, 0.25) is 5.02 Å².